The van der Waals surface area contributed by atoms with E-state index < -0.39 is 0 Å². The Labute approximate surface area is 199 Å². The average Bonchev–Trinajstić information content (AvgIpc) is 2.86. The molecule has 0 aromatic heterocycles. The molecule has 0 radical (unpaired) electrons. The fraction of sp³-hybridized carbons (Fsp3) is 0.385. The summed E-state index contributed by atoms with van der Waals surface area (Å²) in [6.45, 7) is 3.57. The molecule has 0 atom stereocenters. The summed E-state index contributed by atoms with van der Waals surface area (Å²) in [5, 5.41) is 11.4. The highest BCUT2D eigenvalue weighted by Crippen LogP contribution is 2.31. The van der Waals surface area contributed by atoms with Crippen LogP contribution in [-0.4, -0.2) is 23.6 Å². The van der Waals surface area contributed by atoms with E-state index >= 15 is 0 Å². The van der Waals surface area contributed by atoms with Crippen molar-refractivity contribution >= 4 is 46.4 Å². The predicted molar refractivity (Wildman–Crippen MR) is 133 cm³/mol. The van der Waals surface area contributed by atoms with E-state index in [4.69, 9.17) is 0 Å². The van der Waals surface area contributed by atoms with Crippen LogP contribution in [0.15, 0.2) is 48.5 Å². The number of hydrogen-bond donors (Lipinski definition) is 4. The van der Waals surface area contributed by atoms with E-state index in [-0.39, 0.29) is 35.5 Å². The summed E-state index contributed by atoms with van der Waals surface area (Å²) in [7, 11) is 0. The molecular weight excluding hydrogens is 432 g/mol. The fourth-order valence-corrected chi connectivity index (χ4v) is 3.88. The number of rotatable bonds is 8. The maximum atomic E-state index is 12.7. The van der Waals surface area contributed by atoms with E-state index in [1.807, 2.05) is 0 Å². The molecule has 2 aromatic rings. The van der Waals surface area contributed by atoms with Crippen LogP contribution in [0.5, 0.6) is 0 Å². The van der Waals surface area contributed by atoms with Gasteiger partial charge in [-0.15, -0.1) is 0 Å². The van der Waals surface area contributed by atoms with Crippen molar-refractivity contribution in [3.8, 4) is 0 Å². The van der Waals surface area contributed by atoms with Crippen molar-refractivity contribution in [3.63, 3.8) is 0 Å². The average molecular weight is 465 g/mol. The zero-order chi connectivity index (χ0) is 24.5. The summed E-state index contributed by atoms with van der Waals surface area (Å²) in [4.78, 5) is 48.3. The quantitative estimate of drug-likeness (QED) is 0.450. The van der Waals surface area contributed by atoms with Crippen LogP contribution in [0.25, 0.3) is 0 Å². The Morgan fingerprint density at radius 3 is 1.09 bits per heavy atom. The van der Waals surface area contributed by atoms with Crippen LogP contribution in [-0.2, 0) is 19.2 Å². The molecule has 8 nitrogen and oxygen atoms in total. The maximum absolute atomic E-state index is 12.7. The first kappa shape index (κ1) is 25.0. The monoisotopic (exact) mass is 464 g/mol. The molecule has 0 unspecified atom stereocenters. The molecule has 0 spiro atoms. The molecule has 180 valence electrons. The summed E-state index contributed by atoms with van der Waals surface area (Å²) >= 11 is 0. The largest absolute Gasteiger partial charge is 0.326 e. The number of anilines is 4. The van der Waals surface area contributed by atoms with Gasteiger partial charge in [-0.05, 0) is 74.2 Å². The molecule has 1 aliphatic rings. The Bertz CT molecular complexity index is 927. The highest BCUT2D eigenvalue weighted by Gasteiger charge is 2.30. The van der Waals surface area contributed by atoms with Gasteiger partial charge in [-0.3, -0.25) is 19.2 Å². The minimum Gasteiger partial charge on any atom is -0.326 e. The molecule has 0 aliphatic heterocycles. The summed E-state index contributed by atoms with van der Waals surface area (Å²) < 4.78 is 0. The third-order valence-corrected chi connectivity index (χ3v) is 5.98. The van der Waals surface area contributed by atoms with Crippen LogP contribution in [0.1, 0.15) is 52.4 Å². The van der Waals surface area contributed by atoms with E-state index in [0.29, 0.717) is 61.3 Å². The van der Waals surface area contributed by atoms with E-state index in [0.717, 1.165) is 0 Å². The Morgan fingerprint density at radius 2 is 0.824 bits per heavy atom. The fourth-order valence-electron chi connectivity index (χ4n) is 3.88. The summed E-state index contributed by atoms with van der Waals surface area (Å²) in [6, 6.07) is 14.1. The predicted octanol–water partition coefficient (Wildman–Crippen LogP) is 4.77. The van der Waals surface area contributed by atoms with Gasteiger partial charge in [-0.25, -0.2) is 0 Å². The third-order valence-electron chi connectivity index (χ3n) is 5.98. The van der Waals surface area contributed by atoms with Crippen molar-refractivity contribution in [2.24, 2.45) is 11.8 Å². The summed E-state index contributed by atoms with van der Waals surface area (Å²) in [6.07, 6.45) is 3.41. The molecule has 4 N–H and O–H groups in total. The molecule has 0 bridgehead atoms. The van der Waals surface area contributed by atoms with Gasteiger partial charge in [0.05, 0.1) is 0 Å². The SMILES string of the molecule is CCC(=O)Nc1ccc(NC(=O)C2CCC(C(=O)Nc3ccc(NC(=O)CC)cc3)CC2)cc1. The molecule has 1 fully saturated rings. The summed E-state index contributed by atoms with van der Waals surface area (Å²) in [5.41, 5.74) is 2.74. The molecule has 8 heteroatoms. The molecule has 3 rings (SSSR count). The van der Waals surface area contributed by atoms with Gasteiger partial charge in [0.15, 0.2) is 0 Å². The van der Waals surface area contributed by atoms with Crippen molar-refractivity contribution in [1.29, 1.82) is 0 Å². The van der Waals surface area contributed by atoms with Gasteiger partial charge in [0.25, 0.3) is 0 Å². The smallest absolute Gasteiger partial charge is 0.227 e. The van der Waals surface area contributed by atoms with Crippen molar-refractivity contribution < 1.29 is 19.2 Å². The van der Waals surface area contributed by atoms with Crippen molar-refractivity contribution in [2.75, 3.05) is 21.3 Å². The van der Waals surface area contributed by atoms with Crippen LogP contribution < -0.4 is 21.3 Å². The second-order valence-electron chi connectivity index (χ2n) is 8.49. The minimum absolute atomic E-state index is 0.0473. The topological polar surface area (TPSA) is 116 Å². The van der Waals surface area contributed by atoms with Crippen molar-refractivity contribution in [1.82, 2.24) is 0 Å². The van der Waals surface area contributed by atoms with Gasteiger partial charge in [0, 0.05) is 47.4 Å². The first-order chi connectivity index (χ1) is 16.4. The number of hydrogen-bond acceptors (Lipinski definition) is 4. The van der Waals surface area contributed by atoms with Gasteiger partial charge >= 0.3 is 0 Å². The molecule has 34 heavy (non-hydrogen) atoms. The number of carbonyl (C=O) groups is 4. The van der Waals surface area contributed by atoms with E-state index in [1.54, 1.807) is 62.4 Å². The number of benzene rings is 2. The second kappa shape index (κ2) is 12.0. The van der Waals surface area contributed by atoms with Gasteiger partial charge in [-0.2, -0.15) is 0 Å². The second-order valence-corrected chi connectivity index (χ2v) is 8.49. The third kappa shape index (κ3) is 7.16. The number of carbonyl (C=O) groups excluding carboxylic acids is 4. The minimum atomic E-state index is -0.134. The highest BCUT2D eigenvalue weighted by atomic mass is 16.2. The Balaban J connectivity index is 1.44. The zero-order valence-corrected chi connectivity index (χ0v) is 19.6. The molecule has 0 heterocycles. The van der Waals surface area contributed by atoms with Crippen LogP contribution in [0, 0.1) is 11.8 Å². The zero-order valence-electron chi connectivity index (χ0n) is 19.6. The van der Waals surface area contributed by atoms with Crippen LogP contribution in [0.2, 0.25) is 0 Å². The molecule has 2 aromatic carbocycles. The van der Waals surface area contributed by atoms with E-state index in [2.05, 4.69) is 21.3 Å². The van der Waals surface area contributed by atoms with Crippen molar-refractivity contribution in [3.05, 3.63) is 48.5 Å². The van der Waals surface area contributed by atoms with Gasteiger partial charge in [-0.1, -0.05) is 13.8 Å². The Hall–Kier alpha value is -3.68. The number of nitrogens with one attached hydrogen (secondary N) is 4. The Kier molecular flexibility index (Phi) is 8.79. The molecular formula is C26H32N4O4. The van der Waals surface area contributed by atoms with Crippen molar-refractivity contribution in [2.45, 2.75) is 52.4 Å². The lowest BCUT2D eigenvalue weighted by Crippen LogP contribution is -2.32. The normalized spacial score (nSPS) is 17.4. The lowest BCUT2D eigenvalue weighted by molar-refractivity contribution is -0.125. The van der Waals surface area contributed by atoms with Gasteiger partial charge in [0.2, 0.25) is 23.6 Å². The number of amides is 4. The molecule has 4 amide bonds. The Morgan fingerprint density at radius 1 is 0.559 bits per heavy atom. The summed E-state index contributed by atoms with van der Waals surface area (Å²) in [5.74, 6) is -0.483. The van der Waals surface area contributed by atoms with E-state index in [1.165, 1.54) is 0 Å². The molecule has 1 aliphatic carbocycles. The lowest BCUT2D eigenvalue weighted by atomic mass is 9.81. The first-order valence-electron chi connectivity index (χ1n) is 11.8. The standard InChI is InChI=1S/C26H32N4O4/c1-3-23(31)27-19-9-13-21(14-10-19)29-25(33)17-5-7-18(8-6-17)26(34)30-22-15-11-20(12-16-22)28-24(32)4-2/h9-18H,3-8H2,1-2H3,(H,27,31)(H,28,32)(H,29,33)(H,30,34). The van der Waals surface area contributed by atoms with Crippen LogP contribution >= 0.6 is 0 Å². The lowest BCUT2D eigenvalue weighted by Gasteiger charge is -2.27. The maximum Gasteiger partial charge on any atom is 0.227 e. The van der Waals surface area contributed by atoms with Crippen LogP contribution in [0.3, 0.4) is 0 Å². The van der Waals surface area contributed by atoms with Crippen LogP contribution in [0.4, 0.5) is 22.7 Å². The molecule has 1 saturated carbocycles. The van der Waals surface area contributed by atoms with Gasteiger partial charge in [0.1, 0.15) is 0 Å². The first-order valence-corrected chi connectivity index (χ1v) is 11.8. The van der Waals surface area contributed by atoms with E-state index in [9.17, 15) is 19.2 Å². The molecule has 0 saturated heterocycles. The van der Waals surface area contributed by atoms with Gasteiger partial charge < -0.3 is 21.3 Å². The highest BCUT2D eigenvalue weighted by molar-refractivity contribution is 5.95.